The SMILES string of the molecule is CCOc1ccc(C(=O)N2CCn3ccnc32)cc1. The average molecular weight is 257 g/mol. The molecule has 1 aliphatic heterocycles. The lowest BCUT2D eigenvalue weighted by molar-refractivity contribution is 0.0988. The van der Waals surface area contributed by atoms with Gasteiger partial charge in [0, 0.05) is 31.0 Å². The van der Waals surface area contributed by atoms with Crippen LogP contribution >= 0.6 is 0 Å². The molecule has 0 spiro atoms. The van der Waals surface area contributed by atoms with E-state index in [-0.39, 0.29) is 5.91 Å². The number of imidazole rings is 1. The molecular formula is C14H15N3O2. The van der Waals surface area contributed by atoms with Crippen LogP contribution in [-0.4, -0.2) is 28.6 Å². The maximum Gasteiger partial charge on any atom is 0.260 e. The van der Waals surface area contributed by atoms with Crippen LogP contribution < -0.4 is 9.64 Å². The van der Waals surface area contributed by atoms with Crippen LogP contribution in [0.2, 0.25) is 0 Å². The van der Waals surface area contributed by atoms with Gasteiger partial charge in [-0.05, 0) is 31.2 Å². The van der Waals surface area contributed by atoms with Crippen LogP contribution in [0.15, 0.2) is 36.7 Å². The van der Waals surface area contributed by atoms with E-state index in [0.717, 1.165) is 18.2 Å². The molecule has 3 rings (SSSR count). The molecule has 1 amide bonds. The van der Waals surface area contributed by atoms with Crippen molar-refractivity contribution in [3.8, 4) is 5.75 Å². The van der Waals surface area contributed by atoms with Crippen LogP contribution in [0.5, 0.6) is 5.75 Å². The Balaban J connectivity index is 1.81. The van der Waals surface area contributed by atoms with Gasteiger partial charge >= 0.3 is 0 Å². The normalized spacial score (nSPS) is 13.4. The van der Waals surface area contributed by atoms with Crippen molar-refractivity contribution < 1.29 is 9.53 Å². The highest BCUT2D eigenvalue weighted by molar-refractivity contribution is 6.05. The summed E-state index contributed by atoms with van der Waals surface area (Å²) in [6.07, 6.45) is 3.60. The van der Waals surface area contributed by atoms with E-state index in [4.69, 9.17) is 4.74 Å². The van der Waals surface area contributed by atoms with Gasteiger partial charge in [-0.25, -0.2) is 4.98 Å². The van der Waals surface area contributed by atoms with E-state index in [9.17, 15) is 4.79 Å². The van der Waals surface area contributed by atoms with Gasteiger partial charge in [-0.15, -0.1) is 0 Å². The van der Waals surface area contributed by atoms with Crippen molar-refractivity contribution in [2.24, 2.45) is 0 Å². The number of carbonyl (C=O) groups excluding carboxylic acids is 1. The highest BCUT2D eigenvalue weighted by Crippen LogP contribution is 2.22. The monoisotopic (exact) mass is 257 g/mol. The summed E-state index contributed by atoms with van der Waals surface area (Å²) in [5.41, 5.74) is 0.653. The van der Waals surface area contributed by atoms with Crippen LogP contribution in [0.25, 0.3) is 0 Å². The summed E-state index contributed by atoms with van der Waals surface area (Å²) in [6, 6.07) is 7.22. The Morgan fingerprint density at radius 2 is 2.11 bits per heavy atom. The number of anilines is 1. The Morgan fingerprint density at radius 3 is 2.84 bits per heavy atom. The lowest BCUT2D eigenvalue weighted by Crippen LogP contribution is -2.29. The molecule has 0 N–H and O–H groups in total. The van der Waals surface area contributed by atoms with Gasteiger partial charge in [0.2, 0.25) is 5.95 Å². The number of amides is 1. The number of hydrogen-bond donors (Lipinski definition) is 0. The van der Waals surface area contributed by atoms with E-state index in [1.807, 2.05) is 29.8 Å². The Labute approximate surface area is 111 Å². The zero-order valence-electron chi connectivity index (χ0n) is 10.7. The van der Waals surface area contributed by atoms with Gasteiger partial charge in [0.15, 0.2) is 0 Å². The number of ether oxygens (including phenoxy) is 1. The largest absolute Gasteiger partial charge is 0.494 e. The molecular weight excluding hydrogens is 242 g/mol. The lowest BCUT2D eigenvalue weighted by atomic mass is 10.2. The van der Waals surface area contributed by atoms with Crippen molar-refractivity contribution >= 4 is 11.9 Å². The van der Waals surface area contributed by atoms with Gasteiger partial charge in [-0.3, -0.25) is 9.69 Å². The number of hydrogen-bond acceptors (Lipinski definition) is 3. The van der Waals surface area contributed by atoms with E-state index < -0.39 is 0 Å². The Bertz CT molecular complexity index is 589. The van der Waals surface area contributed by atoms with Crippen molar-refractivity contribution in [1.82, 2.24) is 9.55 Å². The van der Waals surface area contributed by atoms with Crippen LogP contribution in [0.1, 0.15) is 17.3 Å². The molecule has 5 heteroatoms. The summed E-state index contributed by atoms with van der Waals surface area (Å²) >= 11 is 0. The minimum atomic E-state index is -0.0204. The quantitative estimate of drug-likeness (QED) is 0.844. The van der Waals surface area contributed by atoms with Crippen molar-refractivity contribution in [3.63, 3.8) is 0 Å². The van der Waals surface area contributed by atoms with Gasteiger partial charge in [-0.2, -0.15) is 0 Å². The van der Waals surface area contributed by atoms with Gasteiger partial charge in [-0.1, -0.05) is 0 Å². The number of aromatic nitrogens is 2. The van der Waals surface area contributed by atoms with Crippen molar-refractivity contribution in [2.45, 2.75) is 13.5 Å². The van der Waals surface area contributed by atoms with E-state index >= 15 is 0 Å². The van der Waals surface area contributed by atoms with Crippen LogP contribution in [0, 0.1) is 0 Å². The Hall–Kier alpha value is -2.30. The maximum atomic E-state index is 12.4. The number of fused-ring (bicyclic) bond motifs is 1. The smallest absolute Gasteiger partial charge is 0.260 e. The van der Waals surface area contributed by atoms with Gasteiger partial charge in [0.05, 0.1) is 6.61 Å². The molecule has 0 unspecified atom stereocenters. The molecule has 0 saturated carbocycles. The minimum absolute atomic E-state index is 0.0204. The Kier molecular flexibility index (Phi) is 2.95. The second kappa shape index (κ2) is 4.76. The predicted octanol–water partition coefficient (Wildman–Crippen LogP) is 1.94. The van der Waals surface area contributed by atoms with Crippen molar-refractivity contribution in [3.05, 3.63) is 42.2 Å². The third-order valence-electron chi connectivity index (χ3n) is 3.16. The molecule has 19 heavy (non-hydrogen) atoms. The molecule has 1 aromatic heterocycles. The first-order valence-corrected chi connectivity index (χ1v) is 6.35. The summed E-state index contributed by atoms with van der Waals surface area (Å²) in [4.78, 5) is 18.3. The molecule has 0 radical (unpaired) electrons. The molecule has 5 nitrogen and oxygen atoms in total. The fourth-order valence-corrected chi connectivity index (χ4v) is 2.24. The molecule has 0 bridgehead atoms. The molecule has 0 atom stereocenters. The number of carbonyl (C=O) groups is 1. The maximum absolute atomic E-state index is 12.4. The number of benzene rings is 1. The van der Waals surface area contributed by atoms with Gasteiger partial charge < -0.3 is 9.30 Å². The highest BCUT2D eigenvalue weighted by Gasteiger charge is 2.26. The molecule has 2 aromatic rings. The Morgan fingerprint density at radius 1 is 1.32 bits per heavy atom. The minimum Gasteiger partial charge on any atom is -0.494 e. The third-order valence-corrected chi connectivity index (χ3v) is 3.16. The number of nitrogens with zero attached hydrogens (tertiary/aromatic N) is 3. The topological polar surface area (TPSA) is 47.4 Å². The van der Waals surface area contributed by atoms with Gasteiger partial charge in [0.1, 0.15) is 5.75 Å². The first-order chi connectivity index (χ1) is 9.29. The fourth-order valence-electron chi connectivity index (χ4n) is 2.24. The highest BCUT2D eigenvalue weighted by atomic mass is 16.5. The van der Waals surface area contributed by atoms with Gasteiger partial charge in [0.25, 0.3) is 5.91 Å². The summed E-state index contributed by atoms with van der Waals surface area (Å²) < 4.78 is 7.35. The molecule has 0 aliphatic carbocycles. The molecule has 98 valence electrons. The zero-order valence-corrected chi connectivity index (χ0v) is 10.7. The average Bonchev–Trinajstić information content (AvgIpc) is 3.01. The first kappa shape index (κ1) is 11.8. The van der Waals surface area contributed by atoms with E-state index in [0.29, 0.717) is 18.7 Å². The van der Waals surface area contributed by atoms with Crippen LogP contribution in [-0.2, 0) is 6.54 Å². The van der Waals surface area contributed by atoms with Crippen molar-refractivity contribution in [1.29, 1.82) is 0 Å². The second-order valence-corrected chi connectivity index (χ2v) is 4.33. The molecule has 0 saturated heterocycles. The zero-order chi connectivity index (χ0) is 13.2. The summed E-state index contributed by atoms with van der Waals surface area (Å²) in [6.45, 7) is 4.04. The van der Waals surface area contributed by atoms with E-state index in [1.54, 1.807) is 23.2 Å². The number of rotatable bonds is 3. The first-order valence-electron chi connectivity index (χ1n) is 6.35. The molecule has 1 aliphatic rings. The molecule has 1 aromatic carbocycles. The summed E-state index contributed by atoms with van der Waals surface area (Å²) in [5.74, 6) is 1.48. The second-order valence-electron chi connectivity index (χ2n) is 4.33. The van der Waals surface area contributed by atoms with E-state index in [1.165, 1.54) is 0 Å². The summed E-state index contributed by atoms with van der Waals surface area (Å²) in [5, 5.41) is 0. The summed E-state index contributed by atoms with van der Waals surface area (Å²) in [7, 11) is 0. The lowest BCUT2D eigenvalue weighted by Gasteiger charge is -2.14. The predicted molar refractivity (Wildman–Crippen MR) is 71.5 cm³/mol. The van der Waals surface area contributed by atoms with Crippen molar-refractivity contribution in [2.75, 3.05) is 18.1 Å². The van der Waals surface area contributed by atoms with Crippen LogP contribution in [0.4, 0.5) is 5.95 Å². The molecule has 2 heterocycles. The third kappa shape index (κ3) is 2.07. The van der Waals surface area contributed by atoms with E-state index in [2.05, 4.69) is 4.98 Å². The standard InChI is InChI=1S/C14H15N3O2/c1-2-19-12-5-3-11(4-6-12)13(18)17-10-9-16-8-7-15-14(16)17/h3-8H,2,9-10H2,1H3. The fraction of sp³-hybridized carbons (Fsp3) is 0.286. The molecule has 0 fully saturated rings. The van der Waals surface area contributed by atoms with Crippen LogP contribution in [0.3, 0.4) is 0 Å².